The molecule has 0 fully saturated rings. The van der Waals surface area contributed by atoms with Crippen LogP contribution in [-0.2, 0) is 4.74 Å². The fourth-order valence-corrected chi connectivity index (χ4v) is 1.70. The highest BCUT2D eigenvalue weighted by atomic mass is 16.5. The molecule has 6 heteroatoms. The number of hydrogen-bond donors (Lipinski definition) is 3. The maximum absolute atomic E-state index is 11.9. The van der Waals surface area contributed by atoms with Crippen LogP contribution in [0, 0.1) is 5.92 Å². The normalized spacial score (nSPS) is 10.4. The van der Waals surface area contributed by atoms with Crippen LogP contribution < -0.4 is 16.0 Å². The maximum Gasteiger partial charge on any atom is 0.319 e. The average molecular weight is 307 g/mol. The van der Waals surface area contributed by atoms with Crippen LogP contribution in [0.25, 0.3) is 0 Å². The molecule has 1 aromatic carbocycles. The highest BCUT2D eigenvalue weighted by Gasteiger charge is 2.06. The van der Waals surface area contributed by atoms with Crippen LogP contribution in [-0.4, -0.2) is 38.7 Å². The molecule has 0 aliphatic heterocycles. The summed E-state index contributed by atoms with van der Waals surface area (Å²) in [5.74, 6) is 0.302. The number of benzene rings is 1. The lowest BCUT2D eigenvalue weighted by molar-refractivity contribution is 0.0949. The van der Waals surface area contributed by atoms with Gasteiger partial charge in [-0.2, -0.15) is 0 Å². The van der Waals surface area contributed by atoms with E-state index in [0.29, 0.717) is 36.9 Å². The lowest BCUT2D eigenvalue weighted by Gasteiger charge is -2.09. The van der Waals surface area contributed by atoms with E-state index in [1.165, 1.54) is 0 Å². The second kappa shape index (κ2) is 9.78. The van der Waals surface area contributed by atoms with E-state index in [0.717, 1.165) is 6.42 Å². The van der Waals surface area contributed by atoms with E-state index >= 15 is 0 Å². The first-order valence-corrected chi connectivity index (χ1v) is 7.45. The third-order valence-corrected chi connectivity index (χ3v) is 2.89. The predicted octanol–water partition coefficient (Wildman–Crippen LogP) is 2.23. The Kier molecular flexibility index (Phi) is 7.99. The summed E-state index contributed by atoms with van der Waals surface area (Å²) in [6, 6.07) is 6.53. The van der Waals surface area contributed by atoms with E-state index in [-0.39, 0.29) is 11.9 Å². The van der Waals surface area contributed by atoms with Crippen molar-refractivity contribution in [1.29, 1.82) is 0 Å². The third kappa shape index (κ3) is 7.08. The minimum atomic E-state index is -0.270. The van der Waals surface area contributed by atoms with Gasteiger partial charge in [-0.3, -0.25) is 4.79 Å². The van der Waals surface area contributed by atoms with Crippen LogP contribution in [0.2, 0.25) is 0 Å². The van der Waals surface area contributed by atoms with Crippen LogP contribution in [0.15, 0.2) is 24.3 Å². The molecule has 0 saturated heterocycles. The average Bonchev–Trinajstić information content (AvgIpc) is 2.50. The van der Waals surface area contributed by atoms with Crippen molar-refractivity contribution < 1.29 is 14.3 Å². The van der Waals surface area contributed by atoms with Gasteiger partial charge in [0, 0.05) is 38.1 Å². The molecule has 0 unspecified atom stereocenters. The summed E-state index contributed by atoms with van der Waals surface area (Å²) in [5.41, 5.74) is 1.22. The predicted molar refractivity (Wildman–Crippen MR) is 87.1 cm³/mol. The van der Waals surface area contributed by atoms with Gasteiger partial charge in [0.25, 0.3) is 5.91 Å². The molecule has 0 radical (unpaired) electrons. The van der Waals surface area contributed by atoms with Crippen LogP contribution in [0.3, 0.4) is 0 Å². The van der Waals surface area contributed by atoms with Crippen molar-refractivity contribution >= 4 is 17.6 Å². The lowest BCUT2D eigenvalue weighted by atomic mass is 10.1. The Morgan fingerprint density at radius 2 is 1.82 bits per heavy atom. The first-order chi connectivity index (χ1) is 10.5. The minimum absolute atomic E-state index is 0.107. The van der Waals surface area contributed by atoms with Crippen molar-refractivity contribution in [3.63, 3.8) is 0 Å². The monoisotopic (exact) mass is 307 g/mol. The summed E-state index contributed by atoms with van der Waals surface area (Å²) in [6.45, 7) is 5.88. The van der Waals surface area contributed by atoms with Crippen molar-refractivity contribution in [2.75, 3.05) is 32.1 Å². The van der Waals surface area contributed by atoms with Crippen LogP contribution in [0.5, 0.6) is 0 Å². The van der Waals surface area contributed by atoms with Crippen LogP contribution in [0.1, 0.15) is 30.6 Å². The van der Waals surface area contributed by atoms with E-state index in [1.807, 2.05) is 13.8 Å². The first-order valence-electron chi connectivity index (χ1n) is 7.45. The Bertz CT molecular complexity index is 472. The number of anilines is 1. The van der Waals surface area contributed by atoms with Crippen LogP contribution >= 0.6 is 0 Å². The third-order valence-electron chi connectivity index (χ3n) is 2.89. The van der Waals surface area contributed by atoms with E-state index < -0.39 is 0 Å². The number of carbonyl (C=O) groups excluding carboxylic acids is 2. The largest absolute Gasteiger partial charge is 0.385 e. The number of methoxy groups -OCH3 is 1. The van der Waals surface area contributed by atoms with Crippen molar-refractivity contribution in [3.05, 3.63) is 29.8 Å². The van der Waals surface area contributed by atoms with E-state index in [9.17, 15) is 9.59 Å². The highest BCUT2D eigenvalue weighted by molar-refractivity contribution is 5.95. The number of nitrogens with one attached hydrogen (secondary N) is 3. The molecule has 6 nitrogen and oxygen atoms in total. The zero-order valence-corrected chi connectivity index (χ0v) is 13.4. The molecule has 0 bridgehead atoms. The van der Waals surface area contributed by atoms with Crippen molar-refractivity contribution in [2.45, 2.75) is 20.3 Å². The smallest absolute Gasteiger partial charge is 0.319 e. The van der Waals surface area contributed by atoms with Crippen LogP contribution in [0.4, 0.5) is 10.5 Å². The molecule has 0 aliphatic carbocycles. The molecular formula is C16H25N3O3. The van der Waals surface area contributed by atoms with Crippen molar-refractivity contribution in [3.8, 4) is 0 Å². The summed E-state index contributed by atoms with van der Waals surface area (Å²) >= 11 is 0. The number of urea groups is 1. The quantitative estimate of drug-likeness (QED) is 0.644. The van der Waals surface area contributed by atoms with Gasteiger partial charge in [-0.15, -0.1) is 0 Å². The van der Waals surface area contributed by atoms with Gasteiger partial charge in [0.05, 0.1) is 0 Å². The summed E-state index contributed by atoms with van der Waals surface area (Å²) in [6.07, 6.45) is 0.763. The second-order valence-electron chi connectivity index (χ2n) is 5.41. The zero-order valence-electron chi connectivity index (χ0n) is 13.4. The Labute approximate surface area is 131 Å². The molecule has 0 spiro atoms. The molecular weight excluding hydrogens is 282 g/mol. The van der Waals surface area contributed by atoms with Gasteiger partial charge in [0.1, 0.15) is 0 Å². The van der Waals surface area contributed by atoms with Gasteiger partial charge in [0.2, 0.25) is 0 Å². The van der Waals surface area contributed by atoms with Gasteiger partial charge in [-0.25, -0.2) is 4.79 Å². The molecule has 122 valence electrons. The van der Waals surface area contributed by atoms with Gasteiger partial charge in [0.15, 0.2) is 0 Å². The fourth-order valence-electron chi connectivity index (χ4n) is 1.70. The number of rotatable bonds is 8. The number of carbonyl (C=O) groups is 2. The molecule has 0 aliphatic rings. The minimum Gasteiger partial charge on any atom is -0.385 e. The number of amides is 3. The summed E-state index contributed by atoms with van der Waals surface area (Å²) < 4.78 is 4.90. The zero-order chi connectivity index (χ0) is 16.4. The molecule has 22 heavy (non-hydrogen) atoms. The van der Waals surface area contributed by atoms with Crippen molar-refractivity contribution in [1.82, 2.24) is 10.6 Å². The van der Waals surface area contributed by atoms with Gasteiger partial charge in [-0.05, 0) is 36.6 Å². The fraction of sp³-hybridized carbons (Fsp3) is 0.500. The highest BCUT2D eigenvalue weighted by Crippen LogP contribution is 2.09. The van der Waals surface area contributed by atoms with E-state index in [2.05, 4.69) is 16.0 Å². The lowest BCUT2D eigenvalue weighted by Crippen LogP contribution is -2.30. The Morgan fingerprint density at radius 3 is 2.41 bits per heavy atom. The Morgan fingerprint density at radius 1 is 1.14 bits per heavy atom. The van der Waals surface area contributed by atoms with Gasteiger partial charge < -0.3 is 20.7 Å². The standard InChI is InChI=1S/C16H25N3O3/c1-12(2)11-18-15(20)13-5-7-14(8-6-13)19-16(21)17-9-4-10-22-3/h5-8,12H,4,9-11H2,1-3H3,(H,18,20)(H2,17,19,21). The molecule has 3 amide bonds. The molecule has 0 heterocycles. The molecule has 1 aromatic rings. The Balaban J connectivity index is 2.41. The summed E-state index contributed by atoms with van der Waals surface area (Å²) in [4.78, 5) is 23.5. The first kappa shape index (κ1) is 18.0. The van der Waals surface area contributed by atoms with E-state index in [4.69, 9.17) is 4.74 Å². The number of ether oxygens (including phenoxy) is 1. The molecule has 0 aromatic heterocycles. The summed E-state index contributed by atoms with van der Waals surface area (Å²) in [5, 5.41) is 8.29. The molecule has 0 atom stereocenters. The molecule has 1 rings (SSSR count). The number of hydrogen-bond acceptors (Lipinski definition) is 3. The van der Waals surface area contributed by atoms with Crippen molar-refractivity contribution in [2.24, 2.45) is 5.92 Å². The maximum atomic E-state index is 11.9. The van der Waals surface area contributed by atoms with Gasteiger partial charge in [-0.1, -0.05) is 13.8 Å². The van der Waals surface area contributed by atoms with Gasteiger partial charge >= 0.3 is 6.03 Å². The second-order valence-corrected chi connectivity index (χ2v) is 5.41. The van der Waals surface area contributed by atoms with E-state index in [1.54, 1.807) is 31.4 Å². The topological polar surface area (TPSA) is 79.5 Å². The molecule has 0 saturated carbocycles. The SMILES string of the molecule is COCCCNC(=O)Nc1ccc(C(=O)NCC(C)C)cc1. The molecule has 3 N–H and O–H groups in total. The Hall–Kier alpha value is -2.08. The summed E-state index contributed by atoms with van der Waals surface area (Å²) in [7, 11) is 1.62.